The summed E-state index contributed by atoms with van der Waals surface area (Å²) in [5.41, 5.74) is 5.12. The van der Waals surface area contributed by atoms with Crippen LogP contribution in [0.1, 0.15) is 32.1 Å². The van der Waals surface area contributed by atoms with Gasteiger partial charge in [0.25, 0.3) is 5.88 Å². The summed E-state index contributed by atoms with van der Waals surface area (Å²) in [5.74, 6) is 0.265. The largest absolute Gasteiger partial charge is 0.472 e. The molecule has 7 nitrogen and oxygen atoms in total. The van der Waals surface area contributed by atoms with Crippen molar-refractivity contribution in [2.75, 3.05) is 12.3 Å². The van der Waals surface area contributed by atoms with Crippen LogP contribution in [0.4, 0.5) is 11.5 Å². The van der Waals surface area contributed by atoms with Crippen LogP contribution in [0, 0.1) is 16.0 Å². The number of hydrogen-bond donors (Lipinski definition) is 1. The SMILES string of the molecule is Nc1ncnc(OCC2CCCCC2)c1[N+](=O)[O-]. The van der Waals surface area contributed by atoms with Crippen molar-refractivity contribution in [3.05, 3.63) is 16.4 Å². The average Bonchev–Trinajstić information content (AvgIpc) is 2.37. The Labute approximate surface area is 105 Å². The van der Waals surface area contributed by atoms with E-state index in [-0.39, 0.29) is 17.4 Å². The number of anilines is 1. The van der Waals surface area contributed by atoms with Crippen molar-refractivity contribution >= 4 is 11.5 Å². The molecule has 0 aromatic carbocycles. The molecule has 7 heteroatoms. The quantitative estimate of drug-likeness (QED) is 0.648. The van der Waals surface area contributed by atoms with Gasteiger partial charge < -0.3 is 10.5 Å². The van der Waals surface area contributed by atoms with Crippen molar-refractivity contribution in [3.8, 4) is 5.88 Å². The first kappa shape index (κ1) is 12.5. The van der Waals surface area contributed by atoms with Gasteiger partial charge in [-0.15, -0.1) is 0 Å². The topological polar surface area (TPSA) is 104 Å². The van der Waals surface area contributed by atoms with Gasteiger partial charge in [0, 0.05) is 0 Å². The number of nitro groups is 1. The monoisotopic (exact) mass is 252 g/mol. The van der Waals surface area contributed by atoms with E-state index in [0.717, 1.165) is 12.8 Å². The Morgan fingerprint density at radius 2 is 2.11 bits per heavy atom. The zero-order valence-corrected chi connectivity index (χ0v) is 10.0. The van der Waals surface area contributed by atoms with Crippen LogP contribution in [0.2, 0.25) is 0 Å². The Morgan fingerprint density at radius 1 is 1.39 bits per heavy atom. The van der Waals surface area contributed by atoms with Gasteiger partial charge in [-0.05, 0) is 18.8 Å². The Bertz CT molecular complexity index is 432. The highest BCUT2D eigenvalue weighted by Crippen LogP contribution is 2.30. The van der Waals surface area contributed by atoms with Gasteiger partial charge in [-0.3, -0.25) is 10.1 Å². The van der Waals surface area contributed by atoms with Crippen molar-refractivity contribution in [2.24, 2.45) is 5.92 Å². The van der Waals surface area contributed by atoms with E-state index in [1.165, 1.54) is 25.6 Å². The van der Waals surface area contributed by atoms with Crippen molar-refractivity contribution in [1.29, 1.82) is 0 Å². The van der Waals surface area contributed by atoms with Crippen molar-refractivity contribution in [1.82, 2.24) is 9.97 Å². The maximum Gasteiger partial charge on any atom is 0.372 e. The van der Waals surface area contributed by atoms with Crippen molar-refractivity contribution in [3.63, 3.8) is 0 Å². The third kappa shape index (κ3) is 2.85. The fourth-order valence-corrected chi connectivity index (χ4v) is 2.20. The van der Waals surface area contributed by atoms with Crippen LogP contribution in [0.3, 0.4) is 0 Å². The molecule has 1 aliphatic rings. The predicted octanol–water partition coefficient (Wildman–Crippen LogP) is 1.93. The van der Waals surface area contributed by atoms with Gasteiger partial charge in [0.05, 0.1) is 11.5 Å². The second kappa shape index (κ2) is 5.61. The molecular formula is C11H16N4O3. The second-order valence-corrected chi connectivity index (χ2v) is 4.48. The zero-order valence-electron chi connectivity index (χ0n) is 10.0. The minimum Gasteiger partial charge on any atom is -0.472 e. The van der Waals surface area contributed by atoms with Crippen LogP contribution in [0.15, 0.2) is 6.33 Å². The van der Waals surface area contributed by atoms with E-state index in [1.807, 2.05) is 0 Å². The predicted molar refractivity (Wildman–Crippen MR) is 65.2 cm³/mol. The summed E-state index contributed by atoms with van der Waals surface area (Å²) in [6.07, 6.45) is 7.04. The maximum absolute atomic E-state index is 10.9. The summed E-state index contributed by atoms with van der Waals surface area (Å²) in [4.78, 5) is 17.6. The first-order chi connectivity index (χ1) is 8.68. The lowest BCUT2D eigenvalue weighted by atomic mass is 9.90. The molecule has 98 valence electrons. The van der Waals surface area contributed by atoms with E-state index < -0.39 is 4.92 Å². The van der Waals surface area contributed by atoms with Gasteiger partial charge in [0.15, 0.2) is 0 Å². The smallest absolute Gasteiger partial charge is 0.372 e. The number of rotatable bonds is 4. The minimum absolute atomic E-state index is 0.0296. The Morgan fingerprint density at radius 3 is 2.78 bits per heavy atom. The molecule has 1 heterocycles. The maximum atomic E-state index is 10.9. The van der Waals surface area contributed by atoms with Gasteiger partial charge in [-0.2, -0.15) is 4.98 Å². The lowest BCUT2D eigenvalue weighted by Crippen LogP contribution is -2.16. The summed E-state index contributed by atoms with van der Waals surface area (Å²) < 4.78 is 5.45. The molecule has 0 aliphatic heterocycles. The van der Waals surface area contributed by atoms with Crippen molar-refractivity contribution < 1.29 is 9.66 Å². The molecule has 0 saturated heterocycles. The van der Waals surface area contributed by atoms with Crippen LogP contribution < -0.4 is 10.5 Å². The molecule has 1 aliphatic carbocycles. The summed E-state index contributed by atoms with van der Waals surface area (Å²) in [6.45, 7) is 0.456. The Kier molecular flexibility index (Phi) is 3.91. The molecule has 0 unspecified atom stereocenters. The summed E-state index contributed by atoms with van der Waals surface area (Å²) >= 11 is 0. The molecule has 1 saturated carbocycles. The van der Waals surface area contributed by atoms with Gasteiger partial charge in [-0.25, -0.2) is 4.98 Å². The second-order valence-electron chi connectivity index (χ2n) is 4.48. The fraction of sp³-hybridized carbons (Fsp3) is 0.636. The molecule has 1 aromatic heterocycles. The molecule has 18 heavy (non-hydrogen) atoms. The molecule has 1 aromatic rings. The standard InChI is InChI=1S/C11H16N4O3/c12-10-9(15(16)17)11(14-7-13-10)18-6-8-4-2-1-3-5-8/h7-8H,1-6H2,(H2,12,13,14). The molecule has 2 N–H and O–H groups in total. The van der Waals surface area contributed by atoms with Crippen LogP contribution in [0.25, 0.3) is 0 Å². The number of hydrogen-bond acceptors (Lipinski definition) is 6. The highest BCUT2D eigenvalue weighted by atomic mass is 16.6. The first-order valence-corrected chi connectivity index (χ1v) is 6.06. The molecular weight excluding hydrogens is 236 g/mol. The summed E-state index contributed by atoms with van der Waals surface area (Å²) in [7, 11) is 0. The number of nitrogens with two attached hydrogens (primary N) is 1. The van der Waals surface area contributed by atoms with E-state index >= 15 is 0 Å². The molecule has 2 rings (SSSR count). The van der Waals surface area contributed by atoms with E-state index in [0.29, 0.717) is 12.5 Å². The molecule has 0 bridgehead atoms. The third-order valence-corrected chi connectivity index (χ3v) is 3.18. The van der Waals surface area contributed by atoms with Crippen LogP contribution >= 0.6 is 0 Å². The molecule has 0 radical (unpaired) electrons. The number of aromatic nitrogens is 2. The lowest BCUT2D eigenvalue weighted by Gasteiger charge is -2.21. The van der Waals surface area contributed by atoms with Gasteiger partial charge in [-0.1, -0.05) is 19.3 Å². The normalized spacial score (nSPS) is 16.4. The average molecular weight is 252 g/mol. The summed E-state index contributed by atoms with van der Waals surface area (Å²) in [5, 5.41) is 10.9. The first-order valence-electron chi connectivity index (χ1n) is 6.06. The summed E-state index contributed by atoms with van der Waals surface area (Å²) in [6, 6.07) is 0. The highest BCUT2D eigenvalue weighted by molar-refractivity contribution is 5.57. The molecule has 0 spiro atoms. The van der Waals surface area contributed by atoms with Crippen LogP contribution in [-0.4, -0.2) is 21.5 Å². The Balaban J connectivity index is 2.04. The Hall–Kier alpha value is -1.92. The minimum atomic E-state index is -0.606. The molecule has 1 fully saturated rings. The van der Waals surface area contributed by atoms with Gasteiger partial charge >= 0.3 is 5.69 Å². The van der Waals surface area contributed by atoms with Crippen molar-refractivity contribution in [2.45, 2.75) is 32.1 Å². The number of nitrogen functional groups attached to an aromatic ring is 1. The van der Waals surface area contributed by atoms with Gasteiger partial charge in [0.1, 0.15) is 6.33 Å². The van der Waals surface area contributed by atoms with Crippen LogP contribution in [-0.2, 0) is 0 Å². The van der Waals surface area contributed by atoms with E-state index in [4.69, 9.17) is 10.5 Å². The molecule has 0 atom stereocenters. The number of nitrogens with zero attached hydrogens (tertiary/aromatic N) is 3. The molecule has 0 amide bonds. The number of ether oxygens (including phenoxy) is 1. The van der Waals surface area contributed by atoms with E-state index in [9.17, 15) is 10.1 Å². The lowest BCUT2D eigenvalue weighted by molar-refractivity contribution is -0.385. The van der Waals surface area contributed by atoms with Gasteiger partial charge in [0.2, 0.25) is 5.82 Å². The highest BCUT2D eigenvalue weighted by Gasteiger charge is 2.23. The van der Waals surface area contributed by atoms with E-state index in [2.05, 4.69) is 9.97 Å². The van der Waals surface area contributed by atoms with E-state index in [1.54, 1.807) is 0 Å². The zero-order chi connectivity index (χ0) is 13.0. The third-order valence-electron chi connectivity index (χ3n) is 3.18. The fourth-order valence-electron chi connectivity index (χ4n) is 2.20. The van der Waals surface area contributed by atoms with Crippen LogP contribution in [0.5, 0.6) is 5.88 Å².